The van der Waals surface area contributed by atoms with Gasteiger partial charge in [-0.1, -0.05) is 48.5 Å². The molecule has 0 atom stereocenters. The van der Waals surface area contributed by atoms with Gasteiger partial charge in [-0.25, -0.2) is 0 Å². The number of aliphatic hydroxyl groups is 4. The molecule has 0 unspecified atom stereocenters. The average Bonchev–Trinajstić information content (AvgIpc) is 3.49. The van der Waals surface area contributed by atoms with E-state index in [1.54, 1.807) is 0 Å². The van der Waals surface area contributed by atoms with Crippen molar-refractivity contribution < 1.29 is 58.3 Å². The van der Waals surface area contributed by atoms with Gasteiger partial charge in [0.15, 0.2) is 0 Å². The van der Waals surface area contributed by atoms with Gasteiger partial charge in [0.25, 0.3) is 0 Å². The largest absolute Gasteiger partial charge is 0.491 e. The van der Waals surface area contributed by atoms with Crippen LogP contribution in [-0.4, -0.2) is 126 Å². The number of hydrogen-bond acceptors (Lipinski definition) is 12. The fourth-order valence-electron chi connectivity index (χ4n) is 6.47. The molecule has 5 rings (SSSR count). The third-order valence-corrected chi connectivity index (χ3v) is 8.51. The van der Waals surface area contributed by atoms with Gasteiger partial charge >= 0.3 is 0 Å². The van der Waals surface area contributed by atoms with Crippen molar-refractivity contribution in [2.75, 3.05) is 106 Å². The van der Waals surface area contributed by atoms with Crippen LogP contribution in [0.1, 0.15) is 22.3 Å². The summed E-state index contributed by atoms with van der Waals surface area (Å²) in [6.07, 6.45) is 0. The molecule has 4 aromatic carbocycles. The van der Waals surface area contributed by atoms with E-state index in [4.69, 9.17) is 58.3 Å². The number of rotatable bonds is 26. The van der Waals surface area contributed by atoms with Gasteiger partial charge in [0, 0.05) is 12.1 Å². The summed E-state index contributed by atoms with van der Waals surface area (Å²) in [5.74, 6) is 2.25. The third-order valence-electron chi connectivity index (χ3n) is 8.51. The summed E-state index contributed by atoms with van der Waals surface area (Å²) < 4.78 is 46.9. The molecule has 0 bridgehead atoms. The molecular weight excluding hydrogens is 684 g/mol. The van der Waals surface area contributed by atoms with E-state index in [0.29, 0.717) is 23.0 Å². The lowest BCUT2D eigenvalue weighted by atomic mass is 9.67. The van der Waals surface area contributed by atoms with Gasteiger partial charge in [-0.05, 0) is 57.6 Å². The van der Waals surface area contributed by atoms with Crippen molar-refractivity contribution in [3.63, 3.8) is 0 Å². The minimum Gasteiger partial charge on any atom is -0.491 e. The molecule has 53 heavy (non-hydrogen) atoms. The van der Waals surface area contributed by atoms with Crippen LogP contribution < -0.4 is 18.9 Å². The predicted molar refractivity (Wildman–Crippen MR) is 197 cm³/mol. The van der Waals surface area contributed by atoms with Gasteiger partial charge in [-0.15, -0.1) is 0 Å². The summed E-state index contributed by atoms with van der Waals surface area (Å²) >= 11 is 0. The van der Waals surface area contributed by atoms with Crippen molar-refractivity contribution in [3.8, 4) is 34.1 Å². The van der Waals surface area contributed by atoms with Crippen LogP contribution in [0.15, 0.2) is 84.9 Å². The van der Waals surface area contributed by atoms with Crippen LogP contribution in [0.4, 0.5) is 0 Å². The number of fused-ring (bicyclic) bond motifs is 3. The molecular formula is C41H50O12. The maximum absolute atomic E-state index is 9.16. The SMILES string of the molecule is OCCOCCOc1cc(OCCOCCO)cc(C2(c3cc(OCCOCCO)cc(OCCOCCO)c3)c3ccccc3-c3ccccc32)c1. The Kier molecular flexibility index (Phi) is 16.2. The van der Waals surface area contributed by atoms with Gasteiger partial charge in [-0.2, -0.15) is 0 Å². The zero-order chi connectivity index (χ0) is 37.1. The molecule has 0 fully saturated rings. The lowest BCUT2D eigenvalue weighted by molar-refractivity contribution is 0.0688. The van der Waals surface area contributed by atoms with Crippen LogP contribution in [0.3, 0.4) is 0 Å². The van der Waals surface area contributed by atoms with Gasteiger partial charge in [0.2, 0.25) is 0 Å². The molecule has 0 aromatic heterocycles. The Labute approximate surface area is 310 Å². The highest BCUT2D eigenvalue weighted by Gasteiger charge is 2.47. The standard InChI is InChI=1S/C41H50O12/c42-9-13-46-17-21-50-33-25-31(26-34(29-33)51-22-18-47-14-10-43)41(39-7-3-1-5-37(39)38-6-2-4-8-40(38)41)32-27-35(52-23-19-48-15-11-44)30-36(28-32)53-24-20-49-16-12-45/h1-8,25-30,42-45H,9-24H2. The second-order valence-electron chi connectivity index (χ2n) is 12.0. The molecule has 286 valence electrons. The van der Waals surface area contributed by atoms with Crippen molar-refractivity contribution in [1.82, 2.24) is 0 Å². The fourth-order valence-corrected chi connectivity index (χ4v) is 6.47. The highest BCUT2D eigenvalue weighted by molar-refractivity contribution is 5.86. The quantitative estimate of drug-likeness (QED) is 0.0614. The van der Waals surface area contributed by atoms with E-state index in [1.807, 2.05) is 60.7 Å². The van der Waals surface area contributed by atoms with Crippen molar-refractivity contribution >= 4 is 0 Å². The first-order valence-electron chi connectivity index (χ1n) is 17.9. The third kappa shape index (κ3) is 10.5. The van der Waals surface area contributed by atoms with Crippen molar-refractivity contribution in [2.45, 2.75) is 5.41 Å². The smallest absolute Gasteiger partial charge is 0.123 e. The van der Waals surface area contributed by atoms with Gasteiger partial charge in [0.1, 0.15) is 49.4 Å². The molecule has 12 heteroatoms. The number of benzene rings is 4. The first kappa shape index (κ1) is 40.0. The molecule has 12 nitrogen and oxygen atoms in total. The summed E-state index contributed by atoms with van der Waals surface area (Å²) in [7, 11) is 0. The molecule has 0 radical (unpaired) electrons. The van der Waals surface area contributed by atoms with E-state index >= 15 is 0 Å². The second-order valence-corrected chi connectivity index (χ2v) is 12.0. The first-order valence-corrected chi connectivity index (χ1v) is 17.9. The minimum atomic E-state index is -0.899. The zero-order valence-electron chi connectivity index (χ0n) is 30.0. The van der Waals surface area contributed by atoms with E-state index in [9.17, 15) is 0 Å². The Morgan fingerprint density at radius 2 is 0.660 bits per heavy atom. The predicted octanol–water partition coefficient (Wildman–Crippen LogP) is 3.60. The van der Waals surface area contributed by atoms with Crippen LogP contribution in [0, 0.1) is 0 Å². The Balaban J connectivity index is 1.66. The fraction of sp³-hybridized carbons (Fsp3) is 0.415. The average molecular weight is 735 g/mol. The summed E-state index contributed by atoms with van der Waals surface area (Å²) in [5.41, 5.74) is 5.09. The second kappa shape index (κ2) is 21.5. The van der Waals surface area contributed by atoms with E-state index in [2.05, 4.69) is 24.3 Å². The van der Waals surface area contributed by atoms with Gasteiger partial charge in [-0.3, -0.25) is 0 Å². The normalized spacial score (nSPS) is 12.7. The lowest BCUT2D eigenvalue weighted by Gasteiger charge is -2.35. The molecule has 0 spiro atoms. The lowest BCUT2D eigenvalue weighted by Crippen LogP contribution is -2.29. The molecule has 0 amide bonds. The summed E-state index contributed by atoms with van der Waals surface area (Å²) in [4.78, 5) is 0. The van der Waals surface area contributed by atoms with Crippen LogP contribution in [0.25, 0.3) is 11.1 Å². The maximum Gasteiger partial charge on any atom is 0.123 e. The molecule has 4 N–H and O–H groups in total. The molecule has 0 heterocycles. The van der Waals surface area contributed by atoms with Crippen LogP contribution in [0.2, 0.25) is 0 Å². The first-order chi connectivity index (χ1) is 26.1. The Bertz CT molecular complexity index is 1490. The monoisotopic (exact) mass is 734 g/mol. The van der Waals surface area contributed by atoms with Crippen LogP contribution in [0.5, 0.6) is 23.0 Å². The molecule has 1 aliphatic rings. The topological polar surface area (TPSA) is 155 Å². The Morgan fingerprint density at radius 3 is 0.962 bits per heavy atom. The number of hydrogen-bond donors (Lipinski definition) is 4. The Morgan fingerprint density at radius 1 is 0.358 bits per heavy atom. The van der Waals surface area contributed by atoms with E-state index in [0.717, 1.165) is 33.4 Å². The van der Waals surface area contributed by atoms with E-state index in [-0.39, 0.29) is 106 Å². The van der Waals surface area contributed by atoms with E-state index in [1.165, 1.54) is 0 Å². The minimum absolute atomic E-state index is 0.0764. The molecule has 1 aliphatic carbocycles. The zero-order valence-corrected chi connectivity index (χ0v) is 30.0. The number of ether oxygens (including phenoxy) is 8. The van der Waals surface area contributed by atoms with Crippen LogP contribution in [-0.2, 0) is 24.4 Å². The summed E-state index contributed by atoms with van der Waals surface area (Å²) in [5, 5.41) is 36.6. The maximum atomic E-state index is 9.16. The van der Waals surface area contributed by atoms with E-state index < -0.39 is 5.41 Å². The van der Waals surface area contributed by atoms with Crippen molar-refractivity contribution in [2.24, 2.45) is 0 Å². The van der Waals surface area contributed by atoms with Crippen molar-refractivity contribution in [1.29, 1.82) is 0 Å². The van der Waals surface area contributed by atoms with Crippen molar-refractivity contribution in [3.05, 3.63) is 107 Å². The molecule has 0 saturated heterocycles. The highest BCUT2D eigenvalue weighted by Crippen LogP contribution is 2.57. The van der Waals surface area contributed by atoms with Crippen LogP contribution >= 0.6 is 0 Å². The Hall–Kier alpha value is -4.24. The van der Waals surface area contributed by atoms with Gasteiger partial charge in [0.05, 0.1) is 84.7 Å². The number of aliphatic hydroxyl groups excluding tert-OH is 4. The highest BCUT2D eigenvalue weighted by atomic mass is 16.5. The molecule has 4 aromatic rings. The molecule has 0 saturated carbocycles. The summed E-state index contributed by atoms with van der Waals surface area (Å²) in [6, 6.07) is 28.4. The van der Waals surface area contributed by atoms with Gasteiger partial charge < -0.3 is 58.3 Å². The summed E-state index contributed by atoms with van der Waals surface area (Å²) in [6.45, 7) is 2.71. The molecule has 0 aliphatic heterocycles.